The number of aromatic carboxylic acids is 1. The average molecular weight is 248 g/mol. The molecule has 0 aromatic carbocycles. The largest absolute Gasteiger partial charge is 0.478 e. The Bertz CT molecular complexity index is 434. The molecule has 1 aromatic rings. The Kier molecular flexibility index (Phi) is 3.84. The first kappa shape index (κ1) is 12.9. The third kappa shape index (κ3) is 2.81. The SMILES string of the molecule is CC1CCC(Nc2ccncc2C(=O)O)CC1C. The van der Waals surface area contributed by atoms with E-state index in [4.69, 9.17) is 5.11 Å². The lowest BCUT2D eigenvalue weighted by Crippen LogP contribution is -2.30. The molecule has 0 amide bonds. The topological polar surface area (TPSA) is 62.2 Å². The highest BCUT2D eigenvalue weighted by Crippen LogP contribution is 2.31. The number of anilines is 1. The van der Waals surface area contributed by atoms with Gasteiger partial charge in [0, 0.05) is 18.4 Å². The first-order valence-corrected chi connectivity index (χ1v) is 6.51. The average Bonchev–Trinajstić information content (AvgIpc) is 2.34. The Labute approximate surface area is 107 Å². The van der Waals surface area contributed by atoms with E-state index in [1.807, 2.05) is 0 Å². The number of aromatic nitrogens is 1. The van der Waals surface area contributed by atoms with Gasteiger partial charge in [-0.1, -0.05) is 13.8 Å². The van der Waals surface area contributed by atoms with E-state index in [0.29, 0.717) is 17.6 Å². The van der Waals surface area contributed by atoms with Crippen molar-refractivity contribution >= 4 is 11.7 Å². The molecule has 0 radical (unpaired) electrons. The van der Waals surface area contributed by atoms with Crippen molar-refractivity contribution in [2.24, 2.45) is 11.8 Å². The summed E-state index contributed by atoms with van der Waals surface area (Å²) in [6, 6.07) is 2.11. The van der Waals surface area contributed by atoms with Crippen LogP contribution in [-0.2, 0) is 0 Å². The fourth-order valence-corrected chi connectivity index (χ4v) is 2.59. The molecule has 1 aliphatic rings. The minimum atomic E-state index is -0.928. The van der Waals surface area contributed by atoms with Crippen LogP contribution in [0.25, 0.3) is 0 Å². The van der Waals surface area contributed by atoms with E-state index in [1.54, 1.807) is 12.3 Å². The molecule has 4 nitrogen and oxygen atoms in total. The second-order valence-electron chi connectivity index (χ2n) is 5.34. The lowest BCUT2D eigenvalue weighted by Gasteiger charge is -2.33. The zero-order valence-corrected chi connectivity index (χ0v) is 10.9. The molecule has 3 unspecified atom stereocenters. The minimum absolute atomic E-state index is 0.253. The van der Waals surface area contributed by atoms with Crippen molar-refractivity contribution in [3.63, 3.8) is 0 Å². The number of rotatable bonds is 3. The maximum Gasteiger partial charge on any atom is 0.339 e. The highest BCUT2D eigenvalue weighted by Gasteiger charge is 2.25. The molecule has 4 heteroatoms. The molecule has 0 spiro atoms. The van der Waals surface area contributed by atoms with Gasteiger partial charge in [0.05, 0.1) is 5.69 Å². The molecule has 1 fully saturated rings. The molecule has 0 bridgehead atoms. The predicted octanol–water partition coefficient (Wildman–Crippen LogP) is 3.02. The van der Waals surface area contributed by atoms with E-state index < -0.39 is 5.97 Å². The number of pyridine rings is 1. The maximum atomic E-state index is 11.1. The minimum Gasteiger partial charge on any atom is -0.478 e. The van der Waals surface area contributed by atoms with Crippen LogP contribution in [0.3, 0.4) is 0 Å². The van der Waals surface area contributed by atoms with Gasteiger partial charge in [0.15, 0.2) is 0 Å². The van der Waals surface area contributed by atoms with Crippen LogP contribution in [0.4, 0.5) is 5.69 Å². The van der Waals surface area contributed by atoms with Crippen molar-refractivity contribution in [2.45, 2.75) is 39.2 Å². The van der Waals surface area contributed by atoms with E-state index in [1.165, 1.54) is 12.6 Å². The normalized spacial score (nSPS) is 27.8. The Morgan fingerprint density at radius 1 is 1.39 bits per heavy atom. The van der Waals surface area contributed by atoms with Gasteiger partial charge in [-0.3, -0.25) is 4.98 Å². The van der Waals surface area contributed by atoms with Crippen LogP contribution in [0.1, 0.15) is 43.5 Å². The van der Waals surface area contributed by atoms with Crippen molar-refractivity contribution in [3.05, 3.63) is 24.0 Å². The van der Waals surface area contributed by atoms with Crippen LogP contribution in [-0.4, -0.2) is 22.1 Å². The summed E-state index contributed by atoms with van der Waals surface area (Å²) in [6.45, 7) is 4.55. The molecule has 18 heavy (non-hydrogen) atoms. The van der Waals surface area contributed by atoms with Gasteiger partial charge in [-0.2, -0.15) is 0 Å². The predicted molar refractivity (Wildman–Crippen MR) is 70.8 cm³/mol. The summed E-state index contributed by atoms with van der Waals surface area (Å²) in [4.78, 5) is 15.0. The van der Waals surface area contributed by atoms with E-state index in [0.717, 1.165) is 18.8 Å². The maximum absolute atomic E-state index is 11.1. The summed E-state index contributed by atoms with van der Waals surface area (Å²) in [6.07, 6.45) is 6.44. The number of nitrogens with zero attached hydrogens (tertiary/aromatic N) is 1. The highest BCUT2D eigenvalue weighted by atomic mass is 16.4. The lowest BCUT2D eigenvalue weighted by molar-refractivity contribution is 0.0697. The van der Waals surface area contributed by atoms with Crippen molar-refractivity contribution < 1.29 is 9.90 Å². The second-order valence-corrected chi connectivity index (χ2v) is 5.34. The number of nitrogens with one attached hydrogen (secondary N) is 1. The molecule has 3 atom stereocenters. The number of hydrogen-bond donors (Lipinski definition) is 2. The Balaban J connectivity index is 2.08. The van der Waals surface area contributed by atoms with E-state index in [9.17, 15) is 4.79 Å². The molecule has 98 valence electrons. The summed E-state index contributed by atoms with van der Waals surface area (Å²) in [5, 5.41) is 12.5. The van der Waals surface area contributed by atoms with Gasteiger partial charge in [-0.25, -0.2) is 4.79 Å². The molecule has 1 aliphatic carbocycles. The highest BCUT2D eigenvalue weighted by molar-refractivity contribution is 5.93. The van der Waals surface area contributed by atoms with Crippen molar-refractivity contribution in [3.8, 4) is 0 Å². The van der Waals surface area contributed by atoms with Crippen molar-refractivity contribution in [2.75, 3.05) is 5.32 Å². The lowest BCUT2D eigenvalue weighted by atomic mass is 9.79. The molecule has 1 saturated carbocycles. The van der Waals surface area contributed by atoms with Gasteiger partial charge < -0.3 is 10.4 Å². The third-order valence-electron chi connectivity index (χ3n) is 4.01. The van der Waals surface area contributed by atoms with Crippen LogP contribution >= 0.6 is 0 Å². The van der Waals surface area contributed by atoms with Crippen LogP contribution in [0, 0.1) is 11.8 Å². The van der Waals surface area contributed by atoms with Crippen molar-refractivity contribution in [1.82, 2.24) is 4.98 Å². The quantitative estimate of drug-likeness (QED) is 0.863. The smallest absolute Gasteiger partial charge is 0.339 e. The number of hydrogen-bond acceptors (Lipinski definition) is 3. The molecule has 2 rings (SSSR count). The molecule has 1 aromatic heterocycles. The van der Waals surface area contributed by atoms with E-state index >= 15 is 0 Å². The number of carboxylic acid groups (broad SMARTS) is 1. The summed E-state index contributed by atoms with van der Waals surface area (Å²) in [5.74, 6) is 0.522. The van der Waals surface area contributed by atoms with Gasteiger partial charge >= 0.3 is 5.97 Å². The summed E-state index contributed by atoms with van der Waals surface area (Å²) in [7, 11) is 0. The zero-order valence-electron chi connectivity index (χ0n) is 10.9. The fourth-order valence-electron chi connectivity index (χ4n) is 2.59. The van der Waals surface area contributed by atoms with Crippen LogP contribution in [0.15, 0.2) is 18.5 Å². The summed E-state index contributed by atoms with van der Waals surface area (Å²) in [5.41, 5.74) is 0.938. The molecule has 1 heterocycles. The summed E-state index contributed by atoms with van der Waals surface area (Å²) < 4.78 is 0. The number of carbonyl (C=O) groups is 1. The standard InChI is InChI=1S/C14H20N2O2/c1-9-3-4-11(7-10(9)2)16-13-5-6-15-8-12(13)14(17)18/h5-6,8-11H,3-4,7H2,1-2H3,(H,15,16)(H,17,18). The van der Waals surface area contributed by atoms with E-state index in [-0.39, 0.29) is 5.56 Å². The Morgan fingerprint density at radius 2 is 2.17 bits per heavy atom. The van der Waals surface area contributed by atoms with Crippen LogP contribution < -0.4 is 5.32 Å². The summed E-state index contributed by atoms with van der Waals surface area (Å²) >= 11 is 0. The van der Waals surface area contributed by atoms with Crippen LogP contribution in [0.2, 0.25) is 0 Å². The third-order valence-corrected chi connectivity index (χ3v) is 4.01. The van der Waals surface area contributed by atoms with Gasteiger partial charge in [-0.05, 0) is 37.2 Å². The van der Waals surface area contributed by atoms with Crippen LogP contribution in [0.5, 0.6) is 0 Å². The molecule has 0 aliphatic heterocycles. The molecule has 2 N–H and O–H groups in total. The second kappa shape index (κ2) is 5.38. The number of carboxylic acids is 1. The van der Waals surface area contributed by atoms with Crippen molar-refractivity contribution in [1.29, 1.82) is 0 Å². The Morgan fingerprint density at radius 3 is 2.83 bits per heavy atom. The van der Waals surface area contributed by atoms with E-state index in [2.05, 4.69) is 24.1 Å². The Hall–Kier alpha value is -1.58. The van der Waals surface area contributed by atoms with Gasteiger partial charge in [0.1, 0.15) is 5.56 Å². The van der Waals surface area contributed by atoms with Gasteiger partial charge in [0.2, 0.25) is 0 Å². The zero-order chi connectivity index (χ0) is 13.1. The van der Waals surface area contributed by atoms with Gasteiger partial charge in [-0.15, -0.1) is 0 Å². The van der Waals surface area contributed by atoms with Gasteiger partial charge in [0.25, 0.3) is 0 Å². The first-order chi connectivity index (χ1) is 8.58. The first-order valence-electron chi connectivity index (χ1n) is 6.51. The molecular formula is C14H20N2O2. The molecule has 0 saturated heterocycles. The molecular weight excluding hydrogens is 228 g/mol. The fraction of sp³-hybridized carbons (Fsp3) is 0.571. The monoisotopic (exact) mass is 248 g/mol.